The van der Waals surface area contributed by atoms with Gasteiger partial charge in [-0.2, -0.15) is 0 Å². The number of amides is 1. The highest BCUT2D eigenvalue weighted by molar-refractivity contribution is 7.20. The SMILES string of the molecule is Cc1nc(C)c2c(C)c(C(=O)Nc3cccc([N+](=O)[O-])c3)sc2n1. The zero-order chi connectivity index (χ0) is 17.4. The van der Waals surface area contributed by atoms with Gasteiger partial charge in [0.15, 0.2) is 0 Å². The molecule has 1 amide bonds. The van der Waals surface area contributed by atoms with Crippen molar-refractivity contribution in [2.75, 3.05) is 5.32 Å². The van der Waals surface area contributed by atoms with E-state index in [0.29, 0.717) is 16.4 Å². The fourth-order valence-corrected chi connectivity index (χ4v) is 3.75. The lowest BCUT2D eigenvalue weighted by Crippen LogP contribution is -2.11. The summed E-state index contributed by atoms with van der Waals surface area (Å²) in [6.45, 7) is 5.55. The Balaban J connectivity index is 1.97. The molecule has 0 saturated carbocycles. The van der Waals surface area contributed by atoms with Gasteiger partial charge in [-0.25, -0.2) is 9.97 Å². The number of anilines is 1. The molecule has 7 nitrogen and oxygen atoms in total. The predicted octanol–water partition coefficient (Wildman–Crippen LogP) is 3.78. The van der Waals surface area contributed by atoms with E-state index in [2.05, 4.69) is 15.3 Å². The van der Waals surface area contributed by atoms with Gasteiger partial charge in [0.2, 0.25) is 0 Å². The van der Waals surface area contributed by atoms with Crippen LogP contribution in [0.4, 0.5) is 11.4 Å². The van der Waals surface area contributed by atoms with Crippen molar-refractivity contribution in [3.05, 3.63) is 56.3 Å². The average Bonchev–Trinajstić information content (AvgIpc) is 2.84. The largest absolute Gasteiger partial charge is 0.321 e. The van der Waals surface area contributed by atoms with E-state index in [1.165, 1.54) is 29.5 Å². The number of fused-ring (bicyclic) bond motifs is 1. The van der Waals surface area contributed by atoms with Crippen LogP contribution in [0.25, 0.3) is 10.2 Å². The number of nitrogens with zero attached hydrogens (tertiary/aromatic N) is 3. The molecule has 8 heteroatoms. The molecule has 1 aromatic carbocycles. The van der Waals surface area contributed by atoms with Crippen molar-refractivity contribution in [3.8, 4) is 0 Å². The number of hydrogen-bond acceptors (Lipinski definition) is 6. The zero-order valence-corrected chi connectivity index (χ0v) is 14.1. The van der Waals surface area contributed by atoms with E-state index < -0.39 is 4.92 Å². The van der Waals surface area contributed by atoms with Gasteiger partial charge in [-0.3, -0.25) is 14.9 Å². The van der Waals surface area contributed by atoms with E-state index in [1.54, 1.807) is 6.07 Å². The second kappa shape index (κ2) is 5.97. The Morgan fingerprint density at radius 2 is 2.00 bits per heavy atom. The normalized spacial score (nSPS) is 10.8. The number of carbonyl (C=O) groups is 1. The van der Waals surface area contributed by atoms with E-state index in [4.69, 9.17) is 0 Å². The lowest BCUT2D eigenvalue weighted by molar-refractivity contribution is -0.384. The van der Waals surface area contributed by atoms with Crippen molar-refractivity contribution in [1.29, 1.82) is 0 Å². The Morgan fingerprint density at radius 3 is 2.71 bits per heavy atom. The summed E-state index contributed by atoms with van der Waals surface area (Å²) < 4.78 is 0. The van der Waals surface area contributed by atoms with Crippen LogP contribution >= 0.6 is 11.3 Å². The summed E-state index contributed by atoms with van der Waals surface area (Å²) in [7, 11) is 0. The number of aryl methyl sites for hydroxylation is 3. The molecule has 2 aromatic heterocycles. The van der Waals surface area contributed by atoms with Crippen LogP contribution in [-0.4, -0.2) is 20.8 Å². The van der Waals surface area contributed by atoms with Gasteiger partial charge < -0.3 is 5.32 Å². The standard InChI is InChI=1S/C16H14N4O3S/c1-8-13-9(2)17-10(3)18-16(13)24-14(8)15(21)19-11-5-4-6-12(7-11)20(22)23/h4-7H,1-3H3,(H,19,21). The van der Waals surface area contributed by atoms with Crippen molar-refractivity contribution in [1.82, 2.24) is 9.97 Å². The van der Waals surface area contributed by atoms with Crippen LogP contribution in [0.1, 0.15) is 26.8 Å². The first kappa shape index (κ1) is 16.0. The van der Waals surface area contributed by atoms with E-state index in [0.717, 1.165) is 21.5 Å². The quantitative estimate of drug-likeness (QED) is 0.577. The number of hydrogen-bond donors (Lipinski definition) is 1. The zero-order valence-electron chi connectivity index (χ0n) is 13.3. The monoisotopic (exact) mass is 342 g/mol. The first-order valence-corrected chi connectivity index (χ1v) is 7.98. The Bertz CT molecular complexity index is 981. The number of nitrogens with one attached hydrogen (secondary N) is 1. The molecule has 0 radical (unpaired) electrons. The second-order valence-electron chi connectivity index (χ2n) is 5.35. The summed E-state index contributed by atoms with van der Waals surface area (Å²) in [6.07, 6.45) is 0. The van der Waals surface area contributed by atoms with Gasteiger partial charge in [-0.15, -0.1) is 11.3 Å². The molecule has 0 atom stereocenters. The van der Waals surface area contributed by atoms with Crippen LogP contribution in [0.3, 0.4) is 0 Å². The molecule has 24 heavy (non-hydrogen) atoms. The molecule has 3 rings (SSSR count). The van der Waals surface area contributed by atoms with Crippen LogP contribution < -0.4 is 5.32 Å². The minimum absolute atomic E-state index is 0.0711. The summed E-state index contributed by atoms with van der Waals surface area (Å²) in [5, 5.41) is 14.4. The molecule has 0 bridgehead atoms. The van der Waals surface area contributed by atoms with Crippen LogP contribution in [-0.2, 0) is 0 Å². The third kappa shape index (κ3) is 2.83. The molecule has 122 valence electrons. The predicted molar refractivity (Wildman–Crippen MR) is 92.7 cm³/mol. The highest BCUT2D eigenvalue weighted by atomic mass is 32.1. The van der Waals surface area contributed by atoms with Gasteiger partial charge in [0.25, 0.3) is 11.6 Å². The van der Waals surface area contributed by atoms with E-state index in [-0.39, 0.29) is 11.6 Å². The summed E-state index contributed by atoms with van der Waals surface area (Å²) in [5.41, 5.74) is 1.96. The van der Waals surface area contributed by atoms with Gasteiger partial charge in [0, 0.05) is 28.9 Å². The first-order valence-electron chi connectivity index (χ1n) is 7.17. The maximum atomic E-state index is 12.6. The summed E-state index contributed by atoms with van der Waals surface area (Å²) in [5.74, 6) is 0.347. The van der Waals surface area contributed by atoms with Crippen molar-refractivity contribution in [2.45, 2.75) is 20.8 Å². The third-order valence-corrected chi connectivity index (χ3v) is 4.79. The molecule has 0 aliphatic carbocycles. The fourth-order valence-electron chi connectivity index (χ4n) is 2.58. The number of benzene rings is 1. The van der Waals surface area contributed by atoms with E-state index in [9.17, 15) is 14.9 Å². The topological polar surface area (TPSA) is 98.0 Å². The molecular formula is C16H14N4O3S. The van der Waals surface area contributed by atoms with Crippen molar-refractivity contribution in [3.63, 3.8) is 0 Å². The molecule has 0 spiro atoms. The molecule has 3 aromatic rings. The molecule has 0 aliphatic heterocycles. The molecule has 2 heterocycles. The Labute approximate surface area is 141 Å². The number of nitro groups is 1. The van der Waals surface area contributed by atoms with E-state index in [1.807, 2.05) is 20.8 Å². The molecule has 0 saturated heterocycles. The highest BCUT2D eigenvalue weighted by Crippen LogP contribution is 2.32. The number of aromatic nitrogens is 2. The molecule has 0 fully saturated rings. The van der Waals surface area contributed by atoms with Gasteiger partial charge in [-0.05, 0) is 32.4 Å². The van der Waals surface area contributed by atoms with Crippen LogP contribution in [0, 0.1) is 30.9 Å². The van der Waals surface area contributed by atoms with Crippen molar-refractivity contribution < 1.29 is 9.72 Å². The second-order valence-corrected chi connectivity index (χ2v) is 6.35. The minimum Gasteiger partial charge on any atom is -0.321 e. The summed E-state index contributed by atoms with van der Waals surface area (Å²) in [4.78, 5) is 32.9. The summed E-state index contributed by atoms with van der Waals surface area (Å²) in [6, 6.07) is 5.85. The van der Waals surface area contributed by atoms with Gasteiger partial charge in [0.05, 0.1) is 9.80 Å². The first-order chi connectivity index (χ1) is 11.4. The Kier molecular flexibility index (Phi) is 3.98. The minimum atomic E-state index is -0.498. The van der Waals surface area contributed by atoms with Gasteiger partial charge in [-0.1, -0.05) is 6.07 Å². The van der Waals surface area contributed by atoms with Crippen LogP contribution in [0.5, 0.6) is 0 Å². The number of nitro benzene ring substituents is 1. The number of thiophene rings is 1. The van der Waals surface area contributed by atoms with E-state index >= 15 is 0 Å². The average molecular weight is 342 g/mol. The smallest absolute Gasteiger partial charge is 0.271 e. The maximum Gasteiger partial charge on any atom is 0.271 e. The van der Waals surface area contributed by atoms with Crippen molar-refractivity contribution >= 4 is 38.8 Å². The summed E-state index contributed by atoms with van der Waals surface area (Å²) >= 11 is 1.29. The number of carbonyl (C=O) groups excluding carboxylic acids is 1. The van der Waals surface area contributed by atoms with Crippen LogP contribution in [0.15, 0.2) is 24.3 Å². The number of non-ortho nitro benzene ring substituents is 1. The fraction of sp³-hybridized carbons (Fsp3) is 0.188. The Morgan fingerprint density at radius 1 is 1.25 bits per heavy atom. The lowest BCUT2D eigenvalue weighted by atomic mass is 10.1. The number of rotatable bonds is 3. The van der Waals surface area contributed by atoms with Gasteiger partial charge in [0.1, 0.15) is 10.7 Å². The third-order valence-electron chi connectivity index (χ3n) is 3.60. The van der Waals surface area contributed by atoms with Crippen molar-refractivity contribution in [2.24, 2.45) is 0 Å². The molecule has 0 unspecified atom stereocenters. The molecule has 0 aliphatic rings. The lowest BCUT2D eigenvalue weighted by Gasteiger charge is -2.04. The Hall–Kier alpha value is -2.87. The molecular weight excluding hydrogens is 328 g/mol. The van der Waals surface area contributed by atoms with Gasteiger partial charge >= 0.3 is 0 Å². The maximum absolute atomic E-state index is 12.6. The highest BCUT2D eigenvalue weighted by Gasteiger charge is 2.19. The molecule has 1 N–H and O–H groups in total. The van der Waals surface area contributed by atoms with Crippen LogP contribution in [0.2, 0.25) is 0 Å².